The number of rotatable bonds is 3. The number of hydrogen-bond donors (Lipinski definition) is 1. The fourth-order valence-electron chi connectivity index (χ4n) is 1.42. The van der Waals surface area contributed by atoms with E-state index in [0.717, 1.165) is 5.56 Å². The lowest BCUT2D eigenvalue weighted by Crippen LogP contribution is -1.90. The van der Waals surface area contributed by atoms with Crippen LogP contribution in [0.1, 0.15) is 5.56 Å². The summed E-state index contributed by atoms with van der Waals surface area (Å²) in [6.07, 6.45) is 0. The van der Waals surface area contributed by atoms with Gasteiger partial charge in [0.15, 0.2) is 0 Å². The van der Waals surface area contributed by atoms with Crippen LogP contribution in [-0.2, 0) is 5.75 Å². The van der Waals surface area contributed by atoms with Crippen molar-refractivity contribution in [1.82, 2.24) is 0 Å². The lowest BCUT2D eigenvalue weighted by atomic mass is 10.2. The van der Waals surface area contributed by atoms with Crippen molar-refractivity contribution >= 4 is 29.1 Å². The molecule has 0 bridgehead atoms. The topological polar surface area (TPSA) is 26.0 Å². The summed E-state index contributed by atoms with van der Waals surface area (Å²) in [6.45, 7) is 0. The van der Waals surface area contributed by atoms with Crippen molar-refractivity contribution in [2.45, 2.75) is 10.6 Å². The molecular weight excluding hydrogens is 276 g/mol. The summed E-state index contributed by atoms with van der Waals surface area (Å²) in [6, 6.07) is 8.79. The Kier molecular flexibility index (Phi) is 4.09. The van der Waals surface area contributed by atoms with Crippen molar-refractivity contribution < 1.29 is 8.78 Å². The minimum atomic E-state index is -0.456. The highest BCUT2D eigenvalue weighted by Crippen LogP contribution is 2.29. The van der Waals surface area contributed by atoms with Gasteiger partial charge in [-0.1, -0.05) is 17.7 Å². The van der Waals surface area contributed by atoms with Gasteiger partial charge in [0.05, 0.1) is 5.02 Å². The first-order valence-corrected chi connectivity index (χ1v) is 6.54. The zero-order valence-corrected chi connectivity index (χ0v) is 10.9. The second kappa shape index (κ2) is 5.59. The van der Waals surface area contributed by atoms with Crippen LogP contribution in [0.4, 0.5) is 14.5 Å². The Morgan fingerprint density at radius 1 is 1.11 bits per heavy atom. The van der Waals surface area contributed by atoms with Crippen LogP contribution >= 0.6 is 23.4 Å². The van der Waals surface area contributed by atoms with E-state index < -0.39 is 5.82 Å². The third-order valence-electron chi connectivity index (χ3n) is 2.35. The minimum Gasteiger partial charge on any atom is -0.398 e. The number of halogens is 3. The first-order valence-electron chi connectivity index (χ1n) is 5.18. The van der Waals surface area contributed by atoms with E-state index in [2.05, 4.69) is 0 Å². The third kappa shape index (κ3) is 3.15. The van der Waals surface area contributed by atoms with Gasteiger partial charge in [0.2, 0.25) is 0 Å². The Morgan fingerprint density at radius 2 is 1.89 bits per heavy atom. The summed E-state index contributed by atoms with van der Waals surface area (Å²) in [5.41, 5.74) is 7.00. The number of anilines is 1. The summed E-state index contributed by atoms with van der Waals surface area (Å²) < 4.78 is 26.3. The van der Waals surface area contributed by atoms with Gasteiger partial charge in [0.1, 0.15) is 11.6 Å². The minimum absolute atomic E-state index is 0.0917. The normalized spacial score (nSPS) is 10.6. The van der Waals surface area contributed by atoms with Crippen LogP contribution < -0.4 is 5.73 Å². The molecule has 0 fully saturated rings. The molecule has 0 spiro atoms. The van der Waals surface area contributed by atoms with Crippen molar-refractivity contribution in [2.24, 2.45) is 0 Å². The van der Waals surface area contributed by atoms with Crippen molar-refractivity contribution in [3.63, 3.8) is 0 Å². The zero-order chi connectivity index (χ0) is 13.1. The molecule has 2 rings (SSSR count). The summed E-state index contributed by atoms with van der Waals surface area (Å²) in [4.78, 5) is 0.644. The summed E-state index contributed by atoms with van der Waals surface area (Å²) >= 11 is 6.95. The van der Waals surface area contributed by atoms with E-state index in [1.54, 1.807) is 6.07 Å². The van der Waals surface area contributed by atoms with Gasteiger partial charge in [-0.25, -0.2) is 8.78 Å². The van der Waals surface area contributed by atoms with E-state index >= 15 is 0 Å². The van der Waals surface area contributed by atoms with Gasteiger partial charge in [-0.3, -0.25) is 0 Å². The predicted molar refractivity (Wildman–Crippen MR) is 71.8 cm³/mol. The van der Waals surface area contributed by atoms with Crippen molar-refractivity contribution in [2.75, 3.05) is 5.73 Å². The largest absolute Gasteiger partial charge is 0.398 e. The maximum Gasteiger partial charge on any atom is 0.142 e. The Balaban J connectivity index is 2.11. The average Bonchev–Trinajstić information content (AvgIpc) is 2.34. The molecule has 2 aromatic carbocycles. The van der Waals surface area contributed by atoms with Crippen LogP contribution in [0.25, 0.3) is 0 Å². The van der Waals surface area contributed by atoms with Gasteiger partial charge in [-0.2, -0.15) is 0 Å². The zero-order valence-electron chi connectivity index (χ0n) is 9.29. The van der Waals surface area contributed by atoms with Crippen LogP contribution in [0.3, 0.4) is 0 Å². The van der Waals surface area contributed by atoms with Crippen molar-refractivity contribution in [1.29, 1.82) is 0 Å². The fourth-order valence-corrected chi connectivity index (χ4v) is 2.47. The Labute approximate surface area is 113 Å². The molecule has 94 valence electrons. The van der Waals surface area contributed by atoms with E-state index in [1.165, 1.54) is 42.1 Å². The van der Waals surface area contributed by atoms with Gasteiger partial charge in [0, 0.05) is 16.3 Å². The standard InChI is InChI=1S/C13H10ClF2NS/c14-10-3-1-8(5-11(10)16)7-18-13-6-9(15)2-4-12(13)17/h1-6H,7,17H2. The van der Waals surface area contributed by atoms with Crippen LogP contribution in [0.15, 0.2) is 41.3 Å². The number of benzene rings is 2. The third-order valence-corrected chi connectivity index (χ3v) is 3.80. The number of nitrogens with two attached hydrogens (primary N) is 1. The first-order chi connectivity index (χ1) is 8.56. The molecule has 5 heteroatoms. The molecule has 0 aliphatic heterocycles. The highest BCUT2D eigenvalue weighted by molar-refractivity contribution is 7.98. The summed E-state index contributed by atoms with van der Waals surface area (Å²) in [5.74, 6) is -0.294. The fraction of sp³-hybridized carbons (Fsp3) is 0.0769. The lowest BCUT2D eigenvalue weighted by Gasteiger charge is -2.06. The van der Waals surface area contributed by atoms with Crippen LogP contribution in [0, 0.1) is 11.6 Å². The number of hydrogen-bond acceptors (Lipinski definition) is 2. The first kappa shape index (κ1) is 13.2. The molecule has 0 heterocycles. The maximum absolute atomic E-state index is 13.2. The predicted octanol–water partition coefficient (Wildman–Crippen LogP) is 4.49. The van der Waals surface area contributed by atoms with Gasteiger partial charge >= 0.3 is 0 Å². The molecule has 0 aromatic heterocycles. The monoisotopic (exact) mass is 285 g/mol. The van der Waals surface area contributed by atoms with E-state index in [9.17, 15) is 8.78 Å². The highest BCUT2D eigenvalue weighted by atomic mass is 35.5. The van der Waals surface area contributed by atoms with Gasteiger partial charge in [-0.15, -0.1) is 11.8 Å². The molecule has 0 unspecified atom stereocenters. The second-order valence-electron chi connectivity index (χ2n) is 3.72. The number of thioether (sulfide) groups is 1. The molecule has 0 atom stereocenters. The second-order valence-corrected chi connectivity index (χ2v) is 5.14. The molecule has 2 aromatic rings. The van der Waals surface area contributed by atoms with E-state index in [0.29, 0.717) is 16.3 Å². The molecule has 2 N–H and O–H groups in total. The van der Waals surface area contributed by atoms with E-state index in [-0.39, 0.29) is 10.8 Å². The molecule has 0 radical (unpaired) electrons. The quantitative estimate of drug-likeness (QED) is 0.664. The lowest BCUT2D eigenvalue weighted by molar-refractivity contribution is 0.624. The Bertz CT molecular complexity index is 575. The Hall–Kier alpha value is -1.26. The highest BCUT2D eigenvalue weighted by Gasteiger charge is 2.05. The molecule has 0 amide bonds. The number of nitrogen functional groups attached to an aromatic ring is 1. The molecule has 0 saturated carbocycles. The van der Waals surface area contributed by atoms with Crippen LogP contribution in [-0.4, -0.2) is 0 Å². The summed E-state index contributed by atoms with van der Waals surface area (Å²) in [7, 11) is 0. The maximum atomic E-state index is 13.2. The summed E-state index contributed by atoms with van der Waals surface area (Å²) in [5, 5.41) is 0.0917. The van der Waals surface area contributed by atoms with E-state index in [1.807, 2.05) is 0 Å². The van der Waals surface area contributed by atoms with Crippen LogP contribution in [0.2, 0.25) is 5.02 Å². The van der Waals surface area contributed by atoms with Gasteiger partial charge in [-0.05, 0) is 35.9 Å². The molecule has 0 aliphatic carbocycles. The SMILES string of the molecule is Nc1ccc(F)cc1SCc1ccc(Cl)c(F)c1. The Morgan fingerprint density at radius 3 is 2.61 bits per heavy atom. The molecule has 0 aliphatic rings. The van der Waals surface area contributed by atoms with Crippen LogP contribution in [0.5, 0.6) is 0 Å². The smallest absolute Gasteiger partial charge is 0.142 e. The average molecular weight is 286 g/mol. The molecule has 1 nitrogen and oxygen atoms in total. The van der Waals surface area contributed by atoms with Crippen molar-refractivity contribution in [3.8, 4) is 0 Å². The molecule has 0 saturated heterocycles. The molecule has 18 heavy (non-hydrogen) atoms. The van der Waals surface area contributed by atoms with Gasteiger partial charge < -0.3 is 5.73 Å². The molecular formula is C13H10ClF2NS. The van der Waals surface area contributed by atoms with Crippen molar-refractivity contribution in [3.05, 3.63) is 58.6 Å². The van der Waals surface area contributed by atoms with E-state index in [4.69, 9.17) is 17.3 Å². The van der Waals surface area contributed by atoms with Gasteiger partial charge in [0.25, 0.3) is 0 Å².